The van der Waals surface area contributed by atoms with Crippen LogP contribution in [-0.4, -0.2) is 46.2 Å². The Morgan fingerprint density at radius 2 is 1.85 bits per heavy atom. The molecule has 1 fully saturated rings. The summed E-state index contributed by atoms with van der Waals surface area (Å²) in [5.41, 5.74) is 5.55. The number of carbonyl (C=O) groups excluding carboxylic acids is 1. The molecule has 0 bridgehead atoms. The summed E-state index contributed by atoms with van der Waals surface area (Å²) in [5, 5.41) is 22.6. The van der Waals surface area contributed by atoms with Gasteiger partial charge in [-0.2, -0.15) is 0 Å². The molecule has 1 heterocycles. The number of likely N-dealkylation sites (tertiary alicyclic amines) is 1. The van der Waals surface area contributed by atoms with Crippen LogP contribution in [0.15, 0.2) is 30.8 Å². The number of phenols is 2. The average Bonchev–Trinajstić information content (AvgIpc) is 3.30. The van der Waals surface area contributed by atoms with Crippen molar-refractivity contribution in [2.45, 2.75) is 65.8 Å². The zero-order valence-corrected chi connectivity index (χ0v) is 20.6. The van der Waals surface area contributed by atoms with Gasteiger partial charge in [0.15, 0.2) is 0 Å². The second-order valence-electron chi connectivity index (χ2n) is 9.38. The predicted octanol–water partition coefficient (Wildman–Crippen LogP) is 6.49. The van der Waals surface area contributed by atoms with Crippen molar-refractivity contribution in [2.75, 3.05) is 20.1 Å². The van der Waals surface area contributed by atoms with Crippen LogP contribution >= 0.6 is 0 Å². The molecular formula is C28H38N2O3. The lowest BCUT2D eigenvalue weighted by Crippen LogP contribution is -2.39. The Morgan fingerprint density at radius 3 is 2.48 bits per heavy atom. The summed E-state index contributed by atoms with van der Waals surface area (Å²) in [7, 11) is 1.79. The molecule has 3 rings (SSSR count). The third kappa shape index (κ3) is 5.52. The molecule has 0 atom stereocenters. The van der Waals surface area contributed by atoms with E-state index in [-0.39, 0.29) is 17.5 Å². The monoisotopic (exact) mass is 450 g/mol. The van der Waals surface area contributed by atoms with E-state index in [4.69, 9.17) is 0 Å². The first kappa shape index (κ1) is 24.7. The van der Waals surface area contributed by atoms with Crippen LogP contribution in [0, 0.1) is 6.92 Å². The highest BCUT2D eigenvalue weighted by molar-refractivity contribution is 5.87. The van der Waals surface area contributed by atoms with E-state index >= 15 is 0 Å². The smallest absolute Gasteiger partial charge is 0.320 e. The summed E-state index contributed by atoms with van der Waals surface area (Å²) in [6.07, 6.45) is 5.94. The molecule has 178 valence electrons. The van der Waals surface area contributed by atoms with Crippen LogP contribution in [0.5, 0.6) is 11.5 Å². The summed E-state index contributed by atoms with van der Waals surface area (Å²) >= 11 is 0. The van der Waals surface area contributed by atoms with Gasteiger partial charge in [0, 0.05) is 25.7 Å². The van der Waals surface area contributed by atoms with E-state index in [1.54, 1.807) is 18.0 Å². The largest absolute Gasteiger partial charge is 0.507 e. The molecule has 0 radical (unpaired) electrons. The maximum absolute atomic E-state index is 13.0. The number of amides is 2. The van der Waals surface area contributed by atoms with E-state index in [0.717, 1.165) is 79.4 Å². The van der Waals surface area contributed by atoms with E-state index in [1.807, 2.05) is 36.9 Å². The molecule has 2 amide bonds. The standard InChI is InChI=1S/C28H38N2O3/c1-6-7-8-11-21-17-25(31)26(23-16-20(4)12-13-22(23)19(2)3)27(32)24(21)18-29(5)28(33)30-14-9-10-15-30/h12-13,16-17,31-32H,2,6-11,14-15,18H2,1,3-5H3. The van der Waals surface area contributed by atoms with Gasteiger partial charge in [-0.25, -0.2) is 4.79 Å². The van der Waals surface area contributed by atoms with E-state index in [0.29, 0.717) is 17.7 Å². The molecule has 1 aliphatic rings. The van der Waals surface area contributed by atoms with E-state index < -0.39 is 0 Å². The van der Waals surface area contributed by atoms with Gasteiger partial charge in [0.05, 0.1) is 12.1 Å². The lowest BCUT2D eigenvalue weighted by atomic mass is 9.89. The van der Waals surface area contributed by atoms with E-state index in [9.17, 15) is 15.0 Å². The topological polar surface area (TPSA) is 64.0 Å². The van der Waals surface area contributed by atoms with Crippen molar-refractivity contribution in [3.05, 3.63) is 53.1 Å². The summed E-state index contributed by atoms with van der Waals surface area (Å²) < 4.78 is 0. The minimum atomic E-state index is -0.0146. The molecule has 1 saturated heterocycles. The van der Waals surface area contributed by atoms with Crippen molar-refractivity contribution in [2.24, 2.45) is 0 Å². The first-order valence-corrected chi connectivity index (χ1v) is 12.1. The third-order valence-electron chi connectivity index (χ3n) is 6.53. The Hall–Kier alpha value is -2.95. The molecule has 0 unspecified atom stereocenters. The van der Waals surface area contributed by atoms with Crippen molar-refractivity contribution < 1.29 is 15.0 Å². The Labute approximate surface area is 198 Å². The Bertz CT molecular complexity index is 1020. The van der Waals surface area contributed by atoms with Crippen molar-refractivity contribution in [1.82, 2.24) is 9.80 Å². The van der Waals surface area contributed by atoms with Crippen molar-refractivity contribution in [1.29, 1.82) is 0 Å². The molecular weight excluding hydrogens is 412 g/mol. The number of benzene rings is 2. The van der Waals surface area contributed by atoms with Crippen LogP contribution in [0.3, 0.4) is 0 Å². The maximum atomic E-state index is 13.0. The molecule has 2 aromatic carbocycles. The normalized spacial score (nSPS) is 13.4. The van der Waals surface area contributed by atoms with Gasteiger partial charge in [-0.05, 0) is 62.3 Å². The second-order valence-corrected chi connectivity index (χ2v) is 9.38. The molecule has 0 aromatic heterocycles. The van der Waals surface area contributed by atoms with E-state index in [1.165, 1.54) is 0 Å². The fourth-order valence-electron chi connectivity index (χ4n) is 4.67. The summed E-state index contributed by atoms with van der Waals surface area (Å²) in [6, 6.07) is 7.71. The number of carbonyl (C=O) groups is 1. The number of nitrogens with zero attached hydrogens (tertiary/aromatic N) is 2. The van der Waals surface area contributed by atoms with Gasteiger partial charge in [-0.1, -0.05) is 55.7 Å². The van der Waals surface area contributed by atoms with Crippen molar-refractivity contribution >= 4 is 11.6 Å². The lowest BCUT2D eigenvalue weighted by molar-refractivity contribution is 0.170. The van der Waals surface area contributed by atoms with Crippen LogP contribution in [-0.2, 0) is 13.0 Å². The third-order valence-corrected chi connectivity index (χ3v) is 6.53. The zero-order chi connectivity index (χ0) is 24.1. The molecule has 5 nitrogen and oxygen atoms in total. The van der Waals surface area contributed by atoms with Gasteiger partial charge in [-0.3, -0.25) is 0 Å². The van der Waals surface area contributed by atoms with Crippen molar-refractivity contribution in [3.8, 4) is 22.6 Å². The molecule has 2 aromatic rings. The lowest BCUT2D eigenvalue weighted by Gasteiger charge is -2.26. The summed E-state index contributed by atoms with van der Waals surface area (Å²) in [6.45, 7) is 12.0. The number of aryl methyl sites for hydroxylation is 2. The number of urea groups is 1. The number of unbranched alkanes of at least 4 members (excludes halogenated alkanes) is 2. The van der Waals surface area contributed by atoms with Gasteiger partial charge in [0.2, 0.25) is 0 Å². The Balaban J connectivity index is 2.09. The highest BCUT2D eigenvalue weighted by Crippen LogP contribution is 2.45. The predicted molar refractivity (Wildman–Crippen MR) is 136 cm³/mol. The number of hydrogen-bond acceptors (Lipinski definition) is 3. The first-order valence-electron chi connectivity index (χ1n) is 12.1. The van der Waals surface area contributed by atoms with Crippen molar-refractivity contribution in [3.63, 3.8) is 0 Å². The molecule has 1 aliphatic heterocycles. The molecule has 33 heavy (non-hydrogen) atoms. The molecule has 0 saturated carbocycles. The van der Waals surface area contributed by atoms with Crippen LogP contribution in [0.1, 0.15) is 68.2 Å². The fourth-order valence-corrected chi connectivity index (χ4v) is 4.67. The summed E-state index contributed by atoms with van der Waals surface area (Å²) in [5.74, 6) is 0.111. The maximum Gasteiger partial charge on any atom is 0.320 e. The number of allylic oxidation sites excluding steroid dienone is 1. The SMILES string of the molecule is C=C(C)c1ccc(C)cc1-c1c(O)cc(CCCCC)c(CN(C)C(=O)N2CCCC2)c1O. The average molecular weight is 451 g/mol. The number of phenolic OH excluding ortho intramolecular Hbond substituents is 2. The van der Waals surface area contributed by atoms with Crippen LogP contribution in [0.25, 0.3) is 16.7 Å². The number of aromatic hydroxyl groups is 2. The number of rotatable bonds is 8. The molecule has 0 spiro atoms. The van der Waals surface area contributed by atoms with Crippen LogP contribution in [0.4, 0.5) is 4.79 Å². The van der Waals surface area contributed by atoms with Gasteiger partial charge < -0.3 is 20.0 Å². The van der Waals surface area contributed by atoms with Crippen LogP contribution in [0.2, 0.25) is 0 Å². The molecule has 2 N–H and O–H groups in total. The van der Waals surface area contributed by atoms with Crippen LogP contribution < -0.4 is 0 Å². The molecule has 5 heteroatoms. The zero-order valence-electron chi connectivity index (χ0n) is 20.6. The Kier molecular flexibility index (Phi) is 8.06. The first-order chi connectivity index (χ1) is 15.7. The Morgan fingerprint density at radius 1 is 1.15 bits per heavy atom. The summed E-state index contributed by atoms with van der Waals surface area (Å²) in [4.78, 5) is 16.5. The second kappa shape index (κ2) is 10.8. The van der Waals surface area contributed by atoms with E-state index in [2.05, 4.69) is 13.5 Å². The number of hydrogen-bond donors (Lipinski definition) is 2. The van der Waals surface area contributed by atoms with Gasteiger partial charge in [0.1, 0.15) is 11.5 Å². The van der Waals surface area contributed by atoms with Gasteiger partial charge >= 0.3 is 6.03 Å². The molecule has 0 aliphatic carbocycles. The quantitative estimate of drug-likeness (QED) is 0.452. The van der Waals surface area contributed by atoms with Gasteiger partial charge in [-0.15, -0.1) is 0 Å². The highest BCUT2D eigenvalue weighted by atomic mass is 16.3. The minimum Gasteiger partial charge on any atom is -0.507 e. The van der Waals surface area contributed by atoms with Gasteiger partial charge in [0.25, 0.3) is 0 Å². The fraction of sp³-hybridized carbons (Fsp3) is 0.464. The minimum absolute atomic E-state index is 0.0146. The highest BCUT2D eigenvalue weighted by Gasteiger charge is 2.26.